The van der Waals surface area contributed by atoms with Crippen molar-refractivity contribution < 1.29 is 0 Å². The standard InChI is InChI=1S/C26H34Cl2N2O4/c1-5-9-11-15(7-3)13-29-23(31)17-18(24(29)32)22(28)20-19(21(17)27)25(33)30(26(20)34)14-16(8-4)12-10-6-2/h15-16H,5-14H2,1-4H3. The molecule has 0 spiro atoms. The Balaban J connectivity index is 2.22. The van der Waals surface area contributed by atoms with Gasteiger partial charge in [0, 0.05) is 13.1 Å². The van der Waals surface area contributed by atoms with Crippen LogP contribution in [0.5, 0.6) is 0 Å². The van der Waals surface area contributed by atoms with E-state index in [9.17, 15) is 19.2 Å². The van der Waals surface area contributed by atoms with Crippen LogP contribution in [-0.2, 0) is 13.1 Å². The Morgan fingerprint density at radius 3 is 1.12 bits per heavy atom. The van der Waals surface area contributed by atoms with Crippen molar-refractivity contribution in [3.05, 3.63) is 51.5 Å². The molecule has 0 aliphatic rings. The molecule has 2 atom stereocenters. The summed E-state index contributed by atoms with van der Waals surface area (Å²) in [6.45, 7) is 8.79. The average Bonchev–Trinajstić information content (AvgIpc) is 3.22. The molecular formula is C26H34Cl2N2O4. The molecule has 3 rings (SSSR count). The Labute approximate surface area is 209 Å². The van der Waals surface area contributed by atoms with Gasteiger partial charge in [0.15, 0.2) is 0 Å². The SMILES string of the molecule is CCCCC(CC)Cn1c(=O)c2c(Cl)c3c(=O)n(CC(CC)CCCC)c(=O)c3c(Cl)c2c1=O. The zero-order valence-electron chi connectivity index (χ0n) is 20.5. The fourth-order valence-electron chi connectivity index (χ4n) is 4.90. The third-order valence-electron chi connectivity index (χ3n) is 7.18. The van der Waals surface area contributed by atoms with Gasteiger partial charge in [0.05, 0.1) is 31.6 Å². The van der Waals surface area contributed by atoms with Crippen LogP contribution in [0.4, 0.5) is 0 Å². The van der Waals surface area contributed by atoms with Crippen molar-refractivity contribution in [3.8, 4) is 0 Å². The summed E-state index contributed by atoms with van der Waals surface area (Å²) in [5.74, 6) is 0.332. The molecule has 2 heterocycles. The number of nitrogens with zero attached hydrogens (tertiary/aromatic N) is 2. The number of hydrogen-bond donors (Lipinski definition) is 0. The molecule has 2 aromatic heterocycles. The molecule has 0 radical (unpaired) electrons. The second-order valence-electron chi connectivity index (χ2n) is 9.40. The van der Waals surface area contributed by atoms with Crippen LogP contribution in [0.25, 0.3) is 21.5 Å². The normalized spacial score (nSPS) is 13.8. The first-order valence-corrected chi connectivity index (χ1v) is 13.3. The van der Waals surface area contributed by atoms with Gasteiger partial charge in [0.25, 0.3) is 22.2 Å². The predicted molar refractivity (Wildman–Crippen MR) is 142 cm³/mol. The van der Waals surface area contributed by atoms with Crippen molar-refractivity contribution in [1.82, 2.24) is 9.13 Å². The second-order valence-corrected chi connectivity index (χ2v) is 10.2. The van der Waals surface area contributed by atoms with E-state index in [1.165, 1.54) is 9.13 Å². The molecule has 3 aromatic rings. The largest absolute Gasteiger partial charge is 0.274 e. The van der Waals surface area contributed by atoms with Crippen LogP contribution in [0, 0.1) is 11.8 Å². The Kier molecular flexibility index (Phi) is 8.80. The highest BCUT2D eigenvalue weighted by Gasteiger charge is 2.28. The van der Waals surface area contributed by atoms with E-state index in [4.69, 9.17) is 23.2 Å². The smallest absolute Gasteiger partial charge is 0.263 e. The first kappa shape index (κ1) is 26.7. The maximum Gasteiger partial charge on any atom is 0.263 e. The molecule has 6 nitrogen and oxygen atoms in total. The summed E-state index contributed by atoms with van der Waals surface area (Å²) in [7, 11) is 0. The van der Waals surface area contributed by atoms with Gasteiger partial charge in [0.1, 0.15) is 0 Å². The zero-order valence-corrected chi connectivity index (χ0v) is 22.0. The van der Waals surface area contributed by atoms with Gasteiger partial charge in [-0.25, -0.2) is 0 Å². The number of rotatable bonds is 12. The topological polar surface area (TPSA) is 78.1 Å². The molecule has 0 aliphatic carbocycles. The molecule has 0 bridgehead atoms. The van der Waals surface area contributed by atoms with Crippen molar-refractivity contribution in [2.75, 3.05) is 0 Å². The summed E-state index contributed by atoms with van der Waals surface area (Å²) in [6.07, 6.45) is 7.53. The van der Waals surface area contributed by atoms with E-state index in [1.54, 1.807) is 0 Å². The van der Waals surface area contributed by atoms with E-state index in [1.807, 2.05) is 13.8 Å². The van der Waals surface area contributed by atoms with Gasteiger partial charge in [-0.2, -0.15) is 0 Å². The molecule has 1 aromatic carbocycles. The van der Waals surface area contributed by atoms with Gasteiger partial charge in [-0.15, -0.1) is 0 Å². The highest BCUT2D eigenvalue weighted by molar-refractivity contribution is 6.47. The van der Waals surface area contributed by atoms with Crippen molar-refractivity contribution >= 4 is 44.7 Å². The number of fused-ring (bicyclic) bond motifs is 2. The van der Waals surface area contributed by atoms with E-state index in [0.29, 0.717) is 0 Å². The van der Waals surface area contributed by atoms with E-state index in [0.717, 1.165) is 51.4 Å². The summed E-state index contributed by atoms with van der Waals surface area (Å²) < 4.78 is 2.35. The van der Waals surface area contributed by atoms with Crippen LogP contribution in [-0.4, -0.2) is 9.13 Å². The van der Waals surface area contributed by atoms with Crippen molar-refractivity contribution in [1.29, 1.82) is 0 Å². The predicted octanol–water partition coefficient (Wildman–Crippen LogP) is 5.65. The molecule has 8 heteroatoms. The van der Waals surface area contributed by atoms with Crippen molar-refractivity contribution in [3.63, 3.8) is 0 Å². The molecule has 2 unspecified atom stereocenters. The highest BCUT2D eigenvalue weighted by Crippen LogP contribution is 2.34. The van der Waals surface area contributed by atoms with Gasteiger partial charge in [-0.05, 0) is 24.7 Å². The third kappa shape index (κ3) is 4.64. The van der Waals surface area contributed by atoms with E-state index < -0.39 is 22.2 Å². The lowest BCUT2D eigenvalue weighted by atomic mass is 9.99. The number of benzene rings is 1. The van der Waals surface area contributed by atoms with E-state index in [-0.39, 0.29) is 56.5 Å². The Morgan fingerprint density at radius 2 is 0.882 bits per heavy atom. The molecule has 0 amide bonds. The number of unbranched alkanes of at least 4 members (excludes halogenated alkanes) is 2. The quantitative estimate of drug-likeness (QED) is 0.316. The molecule has 0 saturated heterocycles. The van der Waals surface area contributed by atoms with Gasteiger partial charge < -0.3 is 0 Å². The lowest BCUT2D eigenvalue weighted by Crippen LogP contribution is -2.29. The first-order chi connectivity index (χ1) is 16.2. The van der Waals surface area contributed by atoms with Crippen LogP contribution >= 0.6 is 23.2 Å². The van der Waals surface area contributed by atoms with Crippen LogP contribution in [0.3, 0.4) is 0 Å². The van der Waals surface area contributed by atoms with Gasteiger partial charge in [-0.3, -0.25) is 28.3 Å². The lowest BCUT2D eigenvalue weighted by molar-refractivity contribution is 0.384. The Morgan fingerprint density at radius 1 is 0.588 bits per heavy atom. The molecule has 0 fully saturated rings. The minimum Gasteiger partial charge on any atom is -0.274 e. The lowest BCUT2D eigenvalue weighted by Gasteiger charge is -2.14. The molecule has 186 valence electrons. The summed E-state index contributed by atoms with van der Waals surface area (Å²) in [5.41, 5.74) is -2.18. The van der Waals surface area contributed by atoms with Crippen molar-refractivity contribution in [2.45, 2.75) is 92.2 Å². The third-order valence-corrected chi connectivity index (χ3v) is 7.94. The van der Waals surface area contributed by atoms with Gasteiger partial charge >= 0.3 is 0 Å². The number of halogens is 2. The maximum absolute atomic E-state index is 13.3. The van der Waals surface area contributed by atoms with Gasteiger partial charge in [-0.1, -0.05) is 89.4 Å². The average molecular weight is 509 g/mol. The zero-order chi connectivity index (χ0) is 25.2. The second kappa shape index (κ2) is 11.2. The van der Waals surface area contributed by atoms with Crippen LogP contribution < -0.4 is 22.2 Å². The van der Waals surface area contributed by atoms with Crippen LogP contribution in [0.1, 0.15) is 79.1 Å². The molecule has 34 heavy (non-hydrogen) atoms. The molecular weight excluding hydrogens is 475 g/mol. The monoisotopic (exact) mass is 508 g/mol. The summed E-state index contributed by atoms with van der Waals surface area (Å²) >= 11 is 13.1. The van der Waals surface area contributed by atoms with Crippen LogP contribution in [0.2, 0.25) is 10.0 Å². The van der Waals surface area contributed by atoms with E-state index in [2.05, 4.69) is 13.8 Å². The Hall–Kier alpha value is -1.92. The highest BCUT2D eigenvalue weighted by atomic mass is 35.5. The Bertz CT molecular complexity index is 1190. The van der Waals surface area contributed by atoms with Crippen molar-refractivity contribution in [2.24, 2.45) is 11.8 Å². The minimum atomic E-state index is -0.544. The molecule has 0 aliphatic heterocycles. The van der Waals surface area contributed by atoms with Gasteiger partial charge in [0.2, 0.25) is 0 Å². The minimum absolute atomic E-state index is 0.0539. The fraction of sp³-hybridized carbons (Fsp3) is 0.615. The molecule has 0 N–H and O–H groups in total. The summed E-state index contributed by atoms with van der Waals surface area (Å²) in [4.78, 5) is 53.1. The molecule has 0 saturated carbocycles. The van der Waals surface area contributed by atoms with E-state index >= 15 is 0 Å². The number of hydrogen-bond acceptors (Lipinski definition) is 4. The number of aromatic nitrogens is 2. The maximum atomic E-state index is 13.3. The van der Waals surface area contributed by atoms with Crippen LogP contribution in [0.15, 0.2) is 19.2 Å². The first-order valence-electron chi connectivity index (χ1n) is 12.5. The summed E-state index contributed by atoms with van der Waals surface area (Å²) in [5, 5.41) is -0.495. The summed E-state index contributed by atoms with van der Waals surface area (Å²) in [6, 6.07) is 0. The fourth-order valence-corrected chi connectivity index (χ4v) is 5.60.